The van der Waals surface area contributed by atoms with Crippen LogP contribution in [0.3, 0.4) is 0 Å². The summed E-state index contributed by atoms with van der Waals surface area (Å²) in [5.74, 6) is 0.401. The summed E-state index contributed by atoms with van der Waals surface area (Å²) < 4.78 is 10.1. The van der Waals surface area contributed by atoms with Crippen LogP contribution in [0.25, 0.3) is 0 Å². The number of rotatable bonds is 5. The van der Waals surface area contributed by atoms with Gasteiger partial charge in [0.05, 0.1) is 19.6 Å². The minimum absolute atomic E-state index is 0.138. The zero-order chi connectivity index (χ0) is 10.4. The third-order valence-electron chi connectivity index (χ3n) is 2.80. The Labute approximate surface area is 85.8 Å². The molecule has 14 heavy (non-hydrogen) atoms. The highest BCUT2D eigenvalue weighted by Gasteiger charge is 2.17. The van der Waals surface area contributed by atoms with Gasteiger partial charge in [0.1, 0.15) is 0 Å². The summed E-state index contributed by atoms with van der Waals surface area (Å²) in [5, 5.41) is 0. The second-order valence-corrected chi connectivity index (χ2v) is 4.11. The molecular formula is C11H20O3. The van der Waals surface area contributed by atoms with Crippen molar-refractivity contribution in [2.75, 3.05) is 20.3 Å². The van der Waals surface area contributed by atoms with Crippen molar-refractivity contribution in [2.24, 2.45) is 11.8 Å². The SMILES string of the molecule is COC(=O)[C@@H](C)COCC1CCCC1. The largest absolute Gasteiger partial charge is 0.469 e. The first-order valence-electron chi connectivity index (χ1n) is 5.39. The van der Waals surface area contributed by atoms with Gasteiger partial charge >= 0.3 is 5.97 Å². The van der Waals surface area contributed by atoms with Gasteiger partial charge in [-0.25, -0.2) is 0 Å². The Morgan fingerprint density at radius 1 is 1.43 bits per heavy atom. The van der Waals surface area contributed by atoms with Gasteiger partial charge in [-0.15, -0.1) is 0 Å². The van der Waals surface area contributed by atoms with Crippen molar-refractivity contribution < 1.29 is 14.3 Å². The lowest BCUT2D eigenvalue weighted by molar-refractivity contribution is -0.147. The maximum Gasteiger partial charge on any atom is 0.310 e. The fourth-order valence-corrected chi connectivity index (χ4v) is 1.86. The second kappa shape index (κ2) is 6.02. The number of hydrogen-bond acceptors (Lipinski definition) is 3. The summed E-state index contributed by atoms with van der Waals surface area (Å²) >= 11 is 0. The summed E-state index contributed by atoms with van der Waals surface area (Å²) in [6.07, 6.45) is 5.24. The van der Waals surface area contributed by atoms with Crippen molar-refractivity contribution in [3.63, 3.8) is 0 Å². The predicted molar refractivity (Wildman–Crippen MR) is 54.0 cm³/mol. The lowest BCUT2D eigenvalue weighted by Gasteiger charge is -2.12. The molecule has 0 aromatic heterocycles. The first kappa shape index (κ1) is 11.5. The Bertz CT molecular complexity index is 173. The number of ether oxygens (including phenoxy) is 2. The number of carbonyl (C=O) groups is 1. The van der Waals surface area contributed by atoms with Crippen LogP contribution >= 0.6 is 0 Å². The Kier molecular flexibility index (Phi) is 4.94. The molecule has 0 amide bonds. The molecule has 0 aromatic carbocycles. The molecule has 1 atom stereocenters. The molecule has 3 nitrogen and oxygen atoms in total. The highest BCUT2D eigenvalue weighted by Crippen LogP contribution is 2.24. The molecule has 0 heterocycles. The van der Waals surface area contributed by atoms with Crippen LogP contribution in [0, 0.1) is 11.8 Å². The molecule has 1 saturated carbocycles. The molecule has 0 aromatic rings. The number of hydrogen-bond donors (Lipinski definition) is 0. The molecule has 0 radical (unpaired) electrons. The van der Waals surface area contributed by atoms with E-state index in [0.717, 1.165) is 12.5 Å². The Hall–Kier alpha value is -0.570. The number of carbonyl (C=O) groups excluding carboxylic acids is 1. The van der Waals surface area contributed by atoms with Gasteiger partial charge < -0.3 is 9.47 Å². The highest BCUT2D eigenvalue weighted by molar-refractivity contribution is 5.71. The summed E-state index contributed by atoms with van der Waals surface area (Å²) in [4.78, 5) is 11.0. The zero-order valence-corrected chi connectivity index (χ0v) is 9.12. The predicted octanol–water partition coefficient (Wildman–Crippen LogP) is 2.00. The molecule has 0 spiro atoms. The maximum atomic E-state index is 11.0. The van der Waals surface area contributed by atoms with Crippen molar-refractivity contribution in [3.8, 4) is 0 Å². The average Bonchev–Trinajstić information content (AvgIpc) is 2.69. The number of methoxy groups -OCH3 is 1. The van der Waals surface area contributed by atoms with E-state index < -0.39 is 0 Å². The van der Waals surface area contributed by atoms with Crippen molar-refractivity contribution in [1.29, 1.82) is 0 Å². The average molecular weight is 200 g/mol. The molecule has 0 bridgehead atoms. The fourth-order valence-electron chi connectivity index (χ4n) is 1.86. The summed E-state index contributed by atoms with van der Waals surface area (Å²) in [6.45, 7) is 3.13. The van der Waals surface area contributed by atoms with Crippen LogP contribution in [0.2, 0.25) is 0 Å². The molecular weight excluding hydrogens is 180 g/mol. The molecule has 3 heteroatoms. The van der Waals surface area contributed by atoms with E-state index in [9.17, 15) is 4.79 Å². The first-order valence-corrected chi connectivity index (χ1v) is 5.39. The van der Waals surface area contributed by atoms with E-state index in [1.165, 1.54) is 32.8 Å². The number of esters is 1. The molecule has 82 valence electrons. The molecule has 1 fully saturated rings. The van der Waals surface area contributed by atoms with Crippen LogP contribution in [0.1, 0.15) is 32.6 Å². The van der Waals surface area contributed by atoms with Gasteiger partial charge in [0.25, 0.3) is 0 Å². The standard InChI is InChI=1S/C11H20O3/c1-9(11(12)13-2)7-14-8-10-5-3-4-6-10/h9-10H,3-8H2,1-2H3/t9-/m0/s1. The lowest BCUT2D eigenvalue weighted by Crippen LogP contribution is -2.20. The maximum absolute atomic E-state index is 11.0. The van der Waals surface area contributed by atoms with E-state index in [1.807, 2.05) is 6.92 Å². The van der Waals surface area contributed by atoms with E-state index in [1.54, 1.807) is 0 Å². The van der Waals surface area contributed by atoms with Crippen molar-refractivity contribution in [2.45, 2.75) is 32.6 Å². The Morgan fingerprint density at radius 3 is 2.64 bits per heavy atom. The van der Waals surface area contributed by atoms with Gasteiger partial charge in [-0.2, -0.15) is 0 Å². The summed E-state index contributed by atoms with van der Waals surface area (Å²) in [7, 11) is 1.41. The van der Waals surface area contributed by atoms with Crippen LogP contribution < -0.4 is 0 Å². The zero-order valence-electron chi connectivity index (χ0n) is 9.12. The van der Waals surface area contributed by atoms with Crippen LogP contribution in [-0.2, 0) is 14.3 Å². The smallest absolute Gasteiger partial charge is 0.310 e. The van der Waals surface area contributed by atoms with Gasteiger partial charge in [-0.05, 0) is 25.7 Å². The highest BCUT2D eigenvalue weighted by atomic mass is 16.5. The minimum atomic E-state index is -0.184. The lowest BCUT2D eigenvalue weighted by atomic mass is 10.1. The van der Waals surface area contributed by atoms with Crippen molar-refractivity contribution >= 4 is 5.97 Å². The monoisotopic (exact) mass is 200 g/mol. The van der Waals surface area contributed by atoms with E-state index in [0.29, 0.717) is 6.61 Å². The van der Waals surface area contributed by atoms with E-state index in [-0.39, 0.29) is 11.9 Å². The molecule has 1 rings (SSSR count). The molecule has 0 unspecified atom stereocenters. The third kappa shape index (κ3) is 3.66. The van der Waals surface area contributed by atoms with Crippen molar-refractivity contribution in [1.82, 2.24) is 0 Å². The third-order valence-corrected chi connectivity index (χ3v) is 2.80. The van der Waals surface area contributed by atoms with E-state index >= 15 is 0 Å². The first-order chi connectivity index (χ1) is 6.74. The fraction of sp³-hybridized carbons (Fsp3) is 0.909. The van der Waals surface area contributed by atoms with Crippen LogP contribution in [0.5, 0.6) is 0 Å². The Morgan fingerprint density at radius 2 is 2.07 bits per heavy atom. The molecule has 0 aliphatic heterocycles. The Balaban J connectivity index is 2.05. The van der Waals surface area contributed by atoms with Gasteiger partial charge in [0.15, 0.2) is 0 Å². The molecule has 1 aliphatic carbocycles. The van der Waals surface area contributed by atoms with Crippen molar-refractivity contribution in [3.05, 3.63) is 0 Å². The van der Waals surface area contributed by atoms with Gasteiger partial charge in [-0.3, -0.25) is 4.79 Å². The van der Waals surface area contributed by atoms with Gasteiger partial charge in [0.2, 0.25) is 0 Å². The summed E-state index contributed by atoms with van der Waals surface area (Å²) in [6, 6.07) is 0. The van der Waals surface area contributed by atoms with Gasteiger partial charge in [0, 0.05) is 6.61 Å². The molecule has 1 aliphatic rings. The molecule has 0 saturated heterocycles. The quantitative estimate of drug-likeness (QED) is 0.637. The van der Waals surface area contributed by atoms with Crippen LogP contribution in [0.15, 0.2) is 0 Å². The second-order valence-electron chi connectivity index (χ2n) is 4.11. The topological polar surface area (TPSA) is 35.5 Å². The van der Waals surface area contributed by atoms with E-state index in [4.69, 9.17) is 4.74 Å². The van der Waals surface area contributed by atoms with Gasteiger partial charge in [-0.1, -0.05) is 12.8 Å². The van der Waals surface area contributed by atoms with Crippen LogP contribution in [0.4, 0.5) is 0 Å². The minimum Gasteiger partial charge on any atom is -0.469 e. The van der Waals surface area contributed by atoms with E-state index in [2.05, 4.69) is 4.74 Å². The van der Waals surface area contributed by atoms with Crippen LogP contribution in [-0.4, -0.2) is 26.3 Å². The normalized spacial score (nSPS) is 19.6. The molecule has 0 N–H and O–H groups in total. The summed E-state index contributed by atoms with van der Waals surface area (Å²) in [5.41, 5.74) is 0.